The lowest BCUT2D eigenvalue weighted by molar-refractivity contribution is -0.387. The molecule has 0 fully saturated rings. The van der Waals surface area contributed by atoms with E-state index in [9.17, 15) is 24.1 Å². The smallest absolute Gasteiger partial charge is 0.288 e. The van der Waals surface area contributed by atoms with E-state index < -0.39 is 22.2 Å². The van der Waals surface area contributed by atoms with Crippen molar-refractivity contribution in [1.29, 1.82) is 0 Å². The number of nitro groups is 1. The van der Waals surface area contributed by atoms with Crippen molar-refractivity contribution in [3.05, 3.63) is 111 Å². The lowest BCUT2D eigenvalue weighted by Crippen LogP contribution is -2.27. The summed E-state index contributed by atoms with van der Waals surface area (Å²) < 4.78 is 15.4. The number of para-hydroxylation sites is 2. The van der Waals surface area contributed by atoms with Crippen molar-refractivity contribution in [3.8, 4) is 5.69 Å². The van der Waals surface area contributed by atoms with E-state index in [1.165, 1.54) is 30.3 Å². The minimum absolute atomic E-state index is 0.0429. The van der Waals surface area contributed by atoms with Gasteiger partial charge < -0.3 is 5.73 Å². The highest BCUT2D eigenvalue weighted by Crippen LogP contribution is 2.36. The number of carbonyl (C=O) groups is 1. The van der Waals surface area contributed by atoms with Crippen molar-refractivity contribution < 1.29 is 14.1 Å². The number of nitrogens with zero attached hydrogens (tertiary/aromatic N) is 3. The van der Waals surface area contributed by atoms with Gasteiger partial charge in [-0.05, 0) is 42.5 Å². The molecule has 0 atom stereocenters. The highest BCUT2D eigenvalue weighted by molar-refractivity contribution is 7.99. The van der Waals surface area contributed by atoms with Gasteiger partial charge in [-0.1, -0.05) is 42.1 Å². The Labute approximate surface area is 184 Å². The number of hydrogen-bond donors (Lipinski definition) is 1. The normalized spacial score (nSPS) is 10.8. The maximum absolute atomic E-state index is 13.3. The molecule has 4 rings (SSSR count). The molecule has 4 aromatic rings. The largest absolute Gasteiger partial charge is 0.382 e. The average Bonchev–Trinajstić information content (AvgIpc) is 3.04. The fourth-order valence-corrected chi connectivity index (χ4v) is 4.10. The van der Waals surface area contributed by atoms with Crippen molar-refractivity contribution in [2.45, 2.75) is 9.79 Å². The van der Waals surface area contributed by atoms with Gasteiger partial charge in [-0.15, -0.1) is 0 Å². The van der Waals surface area contributed by atoms with E-state index in [0.717, 1.165) is 33.3 Å². The second-order valence-corrected chi connectivity index (χ2v) is 7.67. The molecular weight excluding hydrogens is 435 g/mol. The van der Waals surface area contributed by atoms with E-state index in [1.54, 1.807) is 36.4 Å². The fourth-order valence-electron chi connectivity index (χ4n) is 3.12. The van der Waals surface area contributed by atoms with Crippen molar-refractivity contribution in [1.82, 2.24) is 9.36 Å². The first-order valence-electron chi connectivity index (χ1n) is 9.29. The minimum Gasteiger partial charge on any atom is -0.382 e. The third-order valence-corrected chi connectivity index (χ3v) is 5.76. The molecule has 160 valence electrons. The van der Waals surface area contributed by atoms with Gasteiger partial charge in [0.25, 0.3) is 17.2 Å². The molecule has 0 aliphatic heterocycles. The Morgan fingerprint density at radius 3 is 2.25 bits per heavy atom. The Morgan fingerprint density at radius 1 is 0.969 bits per heavy atom. The first kappa shape index (κ1) is 21.1. The van der Waals surface area contributed by atoms with E-state index in [1.807, 2.05) is 0 Å². The van der Waals surface area contributed by atoms with E-state index >= 15 is 0 Å². The molecule has 10 heteroatoms. The van der Waals surface area contributed by atoms with Gasteiger partial charge in [0.2, 0.25) is 0 Å². The van der Waals surface area contributed by atoms with Crippen LogP contribution in [-0.2, 0) is 0 Å². The van der Waals surface area contributed by atoms with E-state index in [4.69, 9.17) is 5.73 Å². The molecule has 3 aromatic carbocycles. The molecule has 0 radical (unpaired) electrons. The lowest BCUT2D eigenvalue weighted by Gasteiger charge is -2.12. The molecule has 0 bridgehead atoms. The zero-order valence-corrected chi connectivity index (χ0v) is 17.2. The van der Waals surface area contributed by atoms with Crippen LogP contribution in [0.4, 0.5) is 15.9 Å². The summed E-state index contributed by atoms with van der Waals surface area (Å²) in [7, 11) is 0. The summed E-state index contributed by atoms with van der Waals surface area (Å²) >= 11 is 0.807. The standard InChI is InChI=1S/C22H15FN4O4S/c23-15-12-10-14(11-13-15)21(28)26-20(24)19(22(29)25(26)16-6-2-1-3-7-16)32-18-9-5-4-8-17(18)27(30)31/h1-13H,24H2. The molecule has 0 aliphatic carbocycles. The number of benzene rings is 3. The quantitative estimate of drug-likeness (QED) is 0.362. The van der Waals surface area contributed by atoms with Crippen LogP contribution in [0, 0.1) is 15.9 Å². The topological polar surface area (TPSA) is 113 Å². The minimum atomic E-state index is -0.655. The Balaban J connectivity index is 1.92. The zero-order valence-electron chi connectivity index (χ0n) is 16.3. The second kappa shape index (κ2) is 8.52. The van der Waals surface area contributed by atoms with Gasteiger partial charge in [-0.3, -0.25) is 19.7 Å². The molecular formula is C22H15FN4O4S. The number of hydrogen-bond acceptors (Lipinski definition) is 6. The van der Waals surface area contributed by atoms with Crippen LogP contribution < -0.4 is 11.3 Å². The molecule has 0 saturated carbocycles. The summed E-state index contributed by atoms with van der Waals surface area (Å²) in [4.78, 5) is 37.6. The summed E-state index contributed by atoms with van der Waals surface area (Å²) in [6.45, 7) is 0. The molecule has 1 aromatic heterocycles. The van der Waals surface area contributed by atoms with Gasteiger partial charge in [0.15, 0.2) is 0 Å². The Hall–Kier alpha value is -4.18. The Morgan fingerprint density at radius 2 is 1.59 bits per heavy atom. The van der Waals surface area contributed by atoms with E-state index in [0.29, 0.717) is 5.69 Å². The molecule has 0 amide bonds. The highest BCUT2D eigenvalue weighted by Gasteiger charge is 2.27. The number of nitrogens with two attached hydrogens (primary N) is 1. The fraction of sp³-hybridized carbons (Fsp3) is 0. The predicted octanol–water partition coefficient (Wildman–Crippen LogP) is 4.11. The van der Waals surface area contributed by atoms with E-state index in [2.05, 4.69) is 0 Å². The van der Waals surface area contributed by atoms with Gasteiger partial charge in [-0.2, -0.15) is 4.68 Å². The van der Waals surface area contributed by atoms with Crippen molar-refractivity contribution >= 4 is 29.2 Å². The van der Waals surface area contributed by atoms with Crippen LogP contribution in [0.15, 0.2) is 93.4 Å². The number of halogens is 1. The predicted molar refractivity (Wildman–Crippen MR) is 118 cm³/mol. The Kier molecular flexibility index (Phi) is 5.61. The molecule has 0 spiro atoms. The number of nitrogen functional groups attached to an aromatic ring is 1. The van der Waals surface area contributed by atoms with Crippen LogP contribution in [0.25, 0.3) is 5.69 Å². The van der Waals surface area contributed by atoms with Crippen LogP contribution in [-0.4, -0.2) is 20.2 Å². The summed E-state index contributed by atoms with van der Waals surface area (Å²) in [5, 5.41) is 11.4. The van der Waals surface area contributed by atoms with Gasteiger partial charge in [0, 0.05) is 11.6 Å². The summed E-state index contributed by atoms with van der Waals surface area (Å²) in [5.41, 5.74) is 5.91. The van der Waals surface area contributed by atoms with Gasteiger partial charge in [-0.25, -0.2) is 9.07 Å². The second-order valence-electron chi connectivity index (χ2n) is 6.62. The number of anilines is 1. The Bertz CT molecular complexity index is 1380. The van der Waals surface area contributed by atoms with Crippen LogP contribution in [0.3, 0.4) is 0 Å². The maximum atomic E-state index is 13.3. The van der Waals surface area contributed by atoms with Crippen LogP contribution in [0.2, 0.25) is 0 Å². The van der Waals surface area contributed by atoms with Crippen LogP contribution in [0.1, 0.15) is 10.4 Å². The molecule has 1 heterocycles. The number of rotatable bonds is 5. The van der Waals surface area contributed by atoms with Gasteiger partial charge in [0.05, 0.1) is 15.5 Å². The summed E-state index contributed by atoms with van der Waals surface area (Å²) in [6.07, 6.45) is 0. The van der Waals surface area contributed by atoms with Gasteiger partial charge >= 0.3 is 0 Å². The molecule has 0 saturated heterocycles. The van der Waals surface area contributed by atoms with E-state index in [-0.39, 0.29) is 26.9 Å². The van der Waals surface area contributed by atoms with Crippen molar-refractivity contribution in [2.24, 2.45) is 0 Å². The van der Waals surface area contributed by atoms with Crippen LogP contribution in [0.5, 0.6) is 0 Å². The highest BCUT2D eigenvalue weighted by atomic mass is 32.2. The molecule has 0 unspecified atom stereocenters. The first-order chi connectivity index (χ1) is 15.4. The van der Waals surface area contributed by atoms with Crippen molar-refractivity contribution in [2.75, 3.05) is 5.73 Å². The number of aromatic nitrogens is 2. The lowest BCUT2D eigenvalue weighted by atomic mass is 10.2. The maximum Gasteiger partial charge on any atom is 0.288 e. The van der Waals surface area contributed by atoms with Crippen molar-refractivity contribution in [3.63, 3.8) is 0 Å². The zero-order chi connectivity index (χ0) is 22.8. The average molecular weight is 450 g/mol. The number of carbonyl (C=O) groups excluding carboxylic acids is 1. The SMILES string of the molecule is Nc1c(Sc2ccccc2[N+](=O)[O-])c(=O)n(-c2ccccc2)n1C(=O)c1ccc(F)cc1. The van der Waals surface area contributed by atoms with Gasteiger partial charge in [0.1, 0.15) is 16.5 Å². The molecule has 0 aliphatic rings. The molecule has 8 nitrogen and oxygen atoms in total. The summed E-state index contributed by atoms with van der Waals surface area (Å²) in [6, 6.07) is 19.1. The van der Waals surface area contributed by atoms with Crippen LogP contribution >= 0.6 is 11.8 Å². The monoisotopic (exact) mass is 450 g/mol. The third-order valence-electron chi connectivity index (χ3n) is 4.61. The first-order valence-corrected chi connectivity index (χ1v) is 10.1. The third kappa shape index (κ3) is 3.79. The number of nitro benzene ring substituents is 1. The summed E-state index contributed by atoms with van der Waals surface area (Å²) in [5.74, 6) is -1.36. The molecule has 2 N–H and O–H groups in total. The molecule has 32 heavy (non-hydrogen) atoms.